The number of nitrogens with two attached hydrogens (primary N) is 1. The SMILES string of the molecule is CC(C)c1noc(C(N)C(C)O)n1. The molecule has 0 bridgehead atoms. The van der Waals surface area contributed by atoms with Gasteiger partial charge in [0.15, 0.2) is 5.82 Å². The Morgan fingerprint density at radius 1 is 1.38 bits per heavy atom. The van der Waals surface area contributed by atoms with Crippen LogP contribution in [-0.4, -0.2) is 21.4 Å². The summed E-state index contributed by atoms with van der Waals surface area (Å²) in [4.78, 5) is 4.07. The highest BCUT2D eigenvalue weighted by Crippen LogP contribution is 2.15. The van der Waals surface area contributed by atoms with Crippen molar-refractivity contribution in [1.29, 1.82) is 0 Å². The van der Waals surface area contributed by atoms with Gasteiger partial charge in [-0.25, -0.2) is 0 Å². The molecule has 74 valence electrons. The minimum Gasteiger partial charge on any atom is -0.391 e. The summed E-state index contributed by atoms with van der Waals surface area (Å²) in [6.45, 7) is 5.51. The molecule has 0 saturated heterocycles. The van der Waals surface area contributed by atoms with Gasteiger partial charge in [-0.05, 0) is 6.92 Å². The van der Waals surface area contributed by atoms with E-state index < -0.39 is 12.1 Å². The van der Waals surface area contributed by atoms with Gasteiger partial charge in [-0.15, -0.1) is 0 Å². The van der Waals surface area contributed by atoms with Gasteiger partial charge >= 0.3 is 0 Å². The molecule has 0 fully saturated rings. The van der Waals surface area contributed by atoms with Crippen LogP contribution in [0.5, 0.6) is 0 Å². The lowest BCUT2D eigenvalue weighted by molar-refractivity contribution is 0.146. The maximum absolute atomic E-state index is 9.17. The van der Waals surface area contributed by atoms with Crippen LogP contribution in [0.15, 0.2) is 4.52 Å². The average Bonchev–Trinajstić information content (AvgIpc) is 2.50. The van der Waals surface area contributed by atoms with Crippen LogP contribution in [0.2, 0.25) is 0 Å². The molecule has 2 atom stereocenters. The second kappa shape index (κ2) is 3.85. The summed E-state index contributed by atoms with van der Waals surface area (Å²) in [5.74, 6) is 1.11. The maximum Gasteiger partial charge on any atom is 0.246 e. The molecule has 0 aliphatic rings. The summed E-state index contributed by atoms with van der Waals surface area (Å²) < 4.78 is 4.90. The van der Waals surface area contributed by atoms with Crippen molar-refractivity contribution in [3.63, 3.8) is 0 Å². The van der Waals surface area contributed by atoms with Crippen LogP contribution < -0.4 is 5.73 Å². The van der Waals surface area contributed by atoms with E-state index in [4.69, 9.17) is 15.4 Å². The fourth-order valence-electron chi connectivity index (χ4n) is 0.823. The molecule has 13 heavy (non-hydrogen) atoms. The van der Waals surface area contributed by atoms with Gasteiger partial charge in [0.25, 0.3) is 0 Å². The van der Waals surface area contributed by atoms with Gasteiger partial charge in [-0.1, -0.05) is 19.0 Å². The van der Waals surface area contributed by atoms with Crippen molar-refractivity contribution in [3.8, 4) is 0 Å². The quantitative estimate of drug-likeness (QED) is 0.719. The summed E-state index contributed by atoms with van der Waals surface area (Å²) >= 11 is 0. The fourth-order valence-corrected chi connectivity index (χ4v) is 0.823. The van der Waals surface area contributed by atoms with Crippen molar-refractivity contribution in [2.45, 2.75) is 38.8 Å². The molecule has 3 N–H and O–H groups in total. The van der Waals surface area contributed by atoms with Crippen LogP contribution in [0, 0.1) is 0 Å². The van der Waals surface area contributed by atoms with Gasteiger partial charge < -0.3 is 15.4 Å². The third-order valence-corrected chi connectivity index (χ3v) is 1.78. The van der Waals surface area contributed by atoms with Gasteiger partial charge in [0.1, 0.15) is 6.04 Å². The standard InChI is InChI=1S/C8H15N3O2/c1-4(2)7-10-8(13-11-7)6(9)5(3)12/h4-6,12H,9H2,1-3H3. The van der Waals surface area contributed by atoms with Gasteiger partial charge in [-0.2, -0.15) is 4.98 Å². The highest BCUT2D eigenvalue weighted by Gasteiger charge is 2.20. The number of aromatic nitrogens is 2. The average molecular weight is 185 g/mol. The number of aliphatic hydroxyl groups excluding tert-OH is 1. The Hall–Kier alpha value is -0.940. The number of hydrogen-bond acceptors (Lipinski definition) is 5. The third kappa shape index (κ3) is 2.26. The van der Waals surface area contributed by atoms with Gasteiger partial charge in [-0.3, -0.25) is 0 Å². The molecule has 0 aliphatic carbocycles. The second-order valence-electron chi connectivity index (χ2n) is 3.41. The lowest BCUT2D eigenvalue weighted by Crippen LogP contribution is -2.23. The van der Waals surface area contributed by atoms with E-state index in [1.807, 2.05) is 13.8 Å². The molecule has 0 aliphatic heterocycles. The van der Waals surface area contributed by atoms with Crippen molar-refractivity contribution in [3.05, 3.63) is 11.7 Å². The predicted molar refractivity (Wildman–Crippen MR) is 47.0 cm³/mol. The minimum atomic E-state index is -0.680. The molecule has 0 amide bonds. The molecule has 1 heterocycles. The zero-order valence-electron chi connectivity index (χ0n) is 8.06. The molecular weight excluding hydrogens is 170 g/mol. The largest absolute Gasteiger partial charge is 0.391 e. The second-order valence-corrected chi connectivity index (χ2v) is 3.41. The Labute approximate surface area is 76.9 Å². The van der Waals surface area contributed by atoms with Crippen LogP contribution in [0.4, 0.5) is 0 Å². The molecule has 2 unspecified atom stereocenters. The normalized spacial score (nSPS) is 16.2. The number of rotatable bonds is 3. The zero-order chi connectivity index (χ0) is 10.0. The third-order valence-electron chi connectivity index (χ3n) is 1.78. The summed E-state index contributed by atoms with van der Waals surface area (Å²) in [5, 5.41) is 12.9. The first-order valence-electron chi connectivity index (χ1n) is 4.29. The van der Waals surface area contributed by atoms with Crippen LogP contribution >= 0.6 is 0 Å². The topological polar surface area (TPSA) is 85.2 Å². The Balaban J connectivity index is 2.79. The molecule has 1 rings (SSSR count). The predicted octanol–water partition coefficient (Wildman–Crippen LogP) is 0.574. The highest BCUT2D eigenvalue weighted by molar-refractivity contribution is 4.96. The number of aliphatic hydroxyl groups is 1. The Morgan fingerprint density at radius 2 is 2.00 bits per heavy atom. The lowest BCUT2D eigenvalue weighted by Gasteiger charge is -2.08. The van der Waals surface area contributed by atoms with E-state index >= 15 is 0 Å². The smallest absolute Gasteiger partial charge is 0.246 e. The van der Waals surface area contributed by atoms with E-state index in [2.05, 4.69) is 10.1 Å². The van der Waals surface area contributed by atoms with Crippen LogP contribution in [-0.2, 0) is 0 Å². The molecule has 0 aromatic carbocycles. The lowest BCUT2D eigenvalue weighted by atomic mass is 10.2. The van der Waals surface area contributed by atoms with E-state index in [-0.39, 0.29) is 5.92 Å². The van der Waals surface area contributed by atoms with E-state index in [0.29, 0.717) is 11.7 Å². The molecule has 1 aromatic heterocycles. The van der Waals surface area contributed by atoms with Crippen molar-refractivity contribution in [2.75, 3.05) is 0 Å². The first-order valence-corrected chi connectivity index (χ1v) is 4.29. The number of nitrogens with zero attached hydrogens (tertiary/aromatic N) is 2. The minimum absolute atomic E-state index is 0.207. The molecule has 0 radical (unpaired) electrons. The van der Waals surface area contributed by atoms with Crippen LogP contribution in [0.1, 0.15) is 44.4 Å². The number of hydrogen-bond donors (Lipinski definition) is 2. The van der Waals surface area contributed by atoms with E-state index in [1.54, 1.807) is 6.92 Å². The Morgan fingerprint density at radius 3 is 2.38 bits per heavy atom. The van der Waals surface area contributed by atoms with Crippen LogP contribution in [0.25, 0.3) is 0 Å². The highest BCUT2D eigenvalue weighted by atomic mass is 16.5. The van der Waals surface area contributed by atoms with Crippen molar-refractivity contribution >= 4 is 0 Å². The van der Waals surface area contributed by atoms with Crippen molar-refractivity contribution < 1.29 is 9.63 Å². The van der Waals surface area contributed by atoms with Gasteiger partial charge in [0.05, 0.1) is 6.10 Å². The maximum atomic E-state index is 9.17. The Bertz CT molecular complexity index is 270. The van der Waals surface area contributed by atoms with E-state index in [1.165, 1.54) is 0 Å². The Kier molecular flexibility index (Phi) is 3.00. The molecule has 0 saturated carbocycles. The fraction of sp³-hybridized carbons (Fsp3) is 0.750. The van der Waals surface area contributed by atoms with E-state index in [0.717, 1.165) is 0 Å². The van der Waals surface area contributed by atoms with Crippen LogP contribution in [0.3, 0.4) is 0 Å². The zero-order valence-corrected chi connectivity index (χ0v) is 8.06. The summed E-state index contributed by atoms with van der Waals surface area (Å²) in [6.07, 6.45) is -0.680. The van der Waals surface area contributed by atoms with Crippen molar-refractivity contribution in [2.24, 2.45) is 5.73 Å². The summed E-state index contributed by atoms with van der Waals surface area (Å²) in [5.41, 5.74) is 5.61. The summed E-state index contributed by atoms with van der Waals surface area (Å²) in [6, 6.07) is -0.597. The van der Waals surface area contributed by atoms with E-state index in [9.17, 15) is 0 Å². The van der Waals surface area contributed by atoms with Gasteiger partial charge in [0, 0.05) is 5.92 Å². The monoisotopic (exact) mass is 185 g/mol. The molecular formula is C8H15N3O2. The van der Waals surface area contributed by atoms with Crippen molar-refractivity contribution in [1.82, 2.24) is 10.1 Å². The first-order chi connectivity index (χ1) is 6.02. The molecule has 1 aromatic rings. The summed E-state index contributed by atoms with van der Waals surface area (Å²) in [7, 11) is 0. The molecule has 0 spiro atoms. The van der Waals surface area contributed by atoms with Gasteiger partial charge in [0.2, 0.25) is 5.89 Å². The molecule has 5 heteroatoms. The first kappa shape index (κ1) is 10.1. The molecule has 5 nitrogen and oxygen atoms in total.